The predicted molar refractivity (Wildman–Crippen MR) is 157 cm³/mol. The van der Waals surface area contributed by atoms with Crippen LogP contribution >= 0.6 is 0 Å². The number of carbonyl (C=O) groups excluding carboxylic acids is 1. The van der Waals surface area contributed by atoms with Crippen LogP contribution in [0.25, 0.3) is 0 Å². The number of hydrogen-bond acceptors (Lipinski definition) is 10. The summed E-state index contributed by atoms with van der Waals surface area (Å²) in [6.45, 7) is 10.3. The lowest BCUT2D eigenvalue weighted by atomic mass is 9.46. The molecule has 10 nitrogen and oxygen atoms in total. The first-order chi connectivity index (χ1) is 20.7. The van der Waals surface area contributed by atoms with Gasteiger partial charge in [0.25, 0.3) is 0 Å². The summed E-state index contributed by atoms with van der Waals surface area (Å²) < 4.78 is 23.6. The zero-order valence-corrected chi connectivity index (χ0v) is 26.7. The van der Waals surface area contributed by atoms with Gasteiger partial charge in [-0.3, -0.25) is 0 Å². The number of aliphatic hydroxyl groups is 5. The smallest absolute Gasteiger partial charge is 0.341 e. The number of esters is 1. The number of rotatable bonds is 5. The summed E-state index contributed by atoms with van der Waals surface area (Å²) in [7, 11) is 0. The summed E-state index contributed by atoms with van der Waals surface area (Å²) in [5.41, 5.74) is -0.239. The van der Waals surface area contributed by atoms with Gasteiger partial charge in [0.15, 0.2) is 11.9 Å². The van der Waals surface area contributed by atoms with Crippen molar-refractivity contribution in [2.75, 3.05) is 6.61 Å². The summed E-state index contributed by atoms with van der Waals surface area (Å²) in [6, 6.07) is 0. The van der Waals surface area contributed by atoms with E-state index in [0.29, 0.717) is 36.5 Å². The van der Waals surface area contributed by atoms with E-state index < -0.39 is 60.7 Å². The number of cyclic esters (lactones) is 1. The van der Waals surface area contributed by atoms with Crippen LogP contribution in [0.1, 0.15) is 86.0 Å². The quantitative estimate of drug-likeness (QED) is 0.175. The summed E-state index contributed by atoms with van der Waals surface area (Å²) in [4.78, 5) is 12.8. The van der Waals surface area contributed by atoms with Crippen molar-refractivity contribution >= 4 is 5.97 Å². The molecular formula is C34H52O10. The minimum atomic E-state index is -1.50. The second-order valence-electron chi connectivity index (χ2n) is 16.1. The van der Waals surface area contributed by atoms with Crippen molar-refractivity contribution in [3.63, 3.8) is 0 Å². The molecule has 44 heavy (non-hydrogen) atoms. The lowest BCUT2D eigenvalue weighted by molar-refractivity contribution is -0.315. The molecule has 3 saturated carbocycles. The standard InChI is InChI=1S/C34H52O10/c1-16(23-14-32(3)34(5,44-32)30(40)43-23)20-8-9-21-19-7-6-17-12-18(41-29-28(39)27(38)26(37)24(15-35)42-29)13-25(36)33(17,4)22(19)10-11-31(20,21)2/h6,16,18-29,35-39H,7-15H2,1-5H3/t16-,18+,19-,20+,21-,22-,23+,24+,25-,26+,27-,28+,29+,31+,32-,33-,34+/m0/s1. The Morgan fingerprint density at radius 2 is 1.77 bits per heavy atom. The Morgan fingerprint density at radius 1 is 1.02 bits per heavy atom. The first kappa shape index (κ1) is 31.5. The molecule has 10 heteroatoms. The van der Waals surface area contributed by atoms with Crippen LogP contribution in [0, 0.1) is 40.4 Å². The van der Waals surface area contributed by atoms with Gasteiger partial charge in [0.1, 0.15) is 36.1 Å². The monoisotopic (exact) mass is 620 g/mol. The van der Waals surface area contributed by atoms with Gasteiger partial charge in [0.05, 0.1) is 18.8 Å². The lowest BCUT2D eigenvalue weighted by Crippen LogP contribution is -2.60. The first-order valence-electron chi connectivity index (χ1n) is 16.9. The van der Waals surface area contributed by atoms with Crippen LogP contribution in [0.5, 0.6) is 0 Å². The van der Waals surface area contributed by atoms with Gasteiger partial charge in [-0.05, 0) is 87.4 Å². The summed E-state index contributed by atoms with van der Waals surface area (Å²) in [5, 5.41) is 52.2. The van der Waals surface area contributed by atoms with Crippen molar-refractivity contribution in [1.29, 1.82) is 0 Å². The van der Waals surface area contributed by atoms with E-state index in [1.165, 1.54) is 5.57 Å². The largest absolute Gasteiger partial charge is 0.460 e. The van der Waals surface area contributed by atoms with Crippen molar-refractivity contribution in [3.05, 3.63) is 11.6 Å². The molecule has 0 aromatic heterocycles. The van der Waals surface area contributed by atoms with Gasteiger partial charge in [0, 0.05) is 18.3 Å². The number of allylic oxidation sites excluding steroid dienone is 1. The second-order valence-corrected chi connectivity index (χ2v) is 16.1. The fourth-order valence-corrected chi connectivity index (χ4v) is 11.2. The van der Waals surface area contributed by atoms with Crippen LogP contribution in [-0.4, -0.2) is 98.3 Å². The van der Waals surface area contributed by atoms with Gasteiger partial charge in [-0.15, -0.1) is 0 Å². The SMILES string of the molecule is C[C@@H]([C@H]1CC[C@H]2[C@@H]3CC=C4C[C@@H](O[C@@H]5O[C@H](CO)[C@@H](O)[C@H](O)[C@H]5O)C[C@H](O)[C@]4(C)[C@H]3CC[C@]12C)[C@H]1C[C@]2(C)O[C@]2(C)C(=O)O1. The van der Waals surface area contributed by atoms with Crippen molar-refractivity contribution < 1.29 is 49.3 Å². The Bertz CT molecular complexity index is 1190. The normalized spacial score (nSPS) is 57.2. The van der Waals surface area contributed by atoms with Crippen LogP contribution < -0.4 is 0 Å². The third-order valence-corrected chi connectivity index (χ3v) is 14.3. The molecule has 0 aromatic carbocycles. The molecule has 3 aliphatic heterocycles. The average Bonchev–Trinajstić information content (AvgIpc) is 3.39. The molecule has 0 bridgehead atoms. The Morgan fingerprint density at radius 3 is 2.48 bits per heavy atom. The molecule has 3 heterocycles. The van der Waals surface area contributed by atoms with E-state index in [9.17, 15) is 30.3 Å². The van der Waals surface area contributed by atoms with Crippen molar-refractivity contribution in [2.24, 2.45) is 40.4 Å². The van der Waals surface area contributed by atoms with E-state index in [1.807, 2.05) is 13.8 Å². The van der Waals surface area contributed by atoms with E-state index in [2.05, 4.69) is 26.8 Å². The maximum absolute atomic E-state index is 12.8. The van der Waals surface area contributed by atoms with E-state index in [-0.39, 0.29) is 28.8 Å². The molecule has 248 valence electrons. The fourth-order valence-electron chi connectivity index (χ4n) is 11.2. The van der Waals surface area contributed by atoms with Gasteiger partial charge in [-0.1, -0.05) is 32.4 Å². The third-order valence-electron chi connectivity index (χ3n) is 14.3. The molecule has 4 aliphatic carbocycles. The molecule has 0 aromatic rings. The maximum atomic E-state index is 12.8. The van der Waals surface area contributed by atoms with Gasteiger partial charge in [0.2, 0.25) is 0 Å². The zero-order chi connectivity index (χ0) is 31.6. The molecule has 3 saturated heterocycles. The third kappa shape index (κ3) is 4.31. The second kappa shape index (κ2) is 10.4. The maximum Gasteiger partial charge on any atom is 0.341 e. The summed E-state index contributed by atoms with van der Waals surface area (Å²) in [6.07, 6.45) is 1.58. The van der Waals surface area contributed by atoms with E-state index in [0.717, 1.165) is 38.5 Å². The highest BCUT2D eigenvalue weighted by atomic mass is 16.7. The Hall–Kier alpha value is -1.11. The topological polar surface area (TPSA) is 158 Å². The van der Waals surface area contributed by atoms with Crippen molar-refractivity contribution in [2.45, 2.75) is 146 Å². The number of hydrogen-bond donors (Lipinski definition) is 5. The van der Waals surface area contributed by atoms with E-state index >= 15 is 0 Å². The predicted octanol–water partition coefficient (Wildman–Crippen LogP) is 2.22. The zero-order valence-electron chi connectivity index (χ0n) is 26.7. The van der Waals surface area contributed by atoms with Crippen molar-refractivity contribution in [1.82, 2.24) is 0 Å². The molecule has 0 spiro atoms. The summed E-state index contributed by atoms with van der Waals surface area (Å²) in [5.74, 6) is 1.86. The highest BCUT2D eigenvalue weighted by Crippen LogP contribution is 2.68. The number of epoxide rings is 1. The van der Waals surface area contributed by atoms with Gasteiger partial charge < -0.3 is 44.5 Å². The van der Waals surface area contributed by atoms with E-state index in [1.54, 1.807) is 0 Å². The number of fused-ring (bicyclic) bond motifs is 6. The minimum absolute atomic E-state index is 0.127. The van der Waals surface area contributed by atoms with Crippen LogP contribution in [-0.2, 0) is 23.7 Å². The molecule has 6 fully saturated rings. The molecular weight excluding hydrogens is 568 g/mol. The van der Waals surface area contributed by atoms with Crippen molar-refractivity contribution in [3.8, 4) is 0 Å². The van der Waals surface area contributed by atoms with Crippen LogP contribution in [0.15, 0.2) is 11.6 Å². The Kier molecular flexibility index (Phi) is 7.47. The first-order valence-corrected chi connectivity index (χ1v) is 16.9. The van der Waals surface area contributed by atoms with Gasteiger partial charge in [-0.25, -0.2) is 4.79 Å². The van der Waals surface area contributed by atoms with Gasteiger partial charge >= 0.3 is 5.97 Å². The molecule has 17 atom stereocenters. The van der Waals surface area contributed by atoms with Crippen LogP contribution in [0.4, 0.5) is 0 Å². The van der Waals surface area contributed by atoms with E-state index in [4.69, 9.17) is 18.9 Å². The van der Waals surface area contributed by atoms with Crippen LogP contribution in [0.2, 0.25) is 0 Å². The average molecular weight is 621 g/mol. The Labute approximate surface area is 260 Å². The number of carbonyl (C=O) groups is 1. The highest BCUT2D eigenvalue weighted by molar-refractivity contribution is 5.85. The molecule has 5 N–H and O–H groups in total. The van der Waals surface area contributed by atoms with Gasteiger partial charge in [-0.2, -0.15) is 0 Å². The fraction of sp³-hybridized carbons (Fsp3) is 0.912. The highest BCUT2D eigenvalue weighted by Gasteiger charge is 2.74. The van der Waals surface area contributed by atoms with Crippen LogP contribution in [0.3, 0.4) is 0 Å². The Balaban J connectivity index is 1.06. The lowest BCUT2D eigenvalue weighted by Gasteiger charge is -2.60. The number of aliphatic hydroxyl groups excluding tert-OH is 5. The molecule has 0 amide bonds. The number of ether oxygens (including phenoxy) is 4. The minimum Gasteiger partial charge on any atom is -0.460 e. The molecule has 0 unspecified atom stereocenters. The molecule has 7 rings (SSSR count). The molecule has 0 radical (unpaired) electrons. The molecule has 7 aliphatic rings. The summed E-state index contributed by atoms with van der Waals surface area (Å²) >= 11 is 0.